The second-order valence-electron chi connectivity index (χ2n) is 5.88. The molecule has 2 rings (SSSR count). The maximum Gasteiger partial charge on any atom is 0.263 e. The molecule has 0 saturated carbocycles. The van der Waals surface area contributed by atoms with Crippen LogP contribution in [-0.2, 0) is 17.6 Å². The number of likely N-dealkylation sites (N-methyl/N-ethyl adjacent to an activating group) is 1. The minimum Gasteiger partial charge on any atom is -0.376 e. The SMILES string of the molecule is CCN(/C=C(/C#N)C(=O)NCCc1ccccc1)CCc1ccncc1. The van der Waals surface area contributed by atoms with Gasteiger partial charge in [0.05, 0.1) is 0 Å². The smallest absolute Gasteiger partial charge is 0.263 e. The number of hydrogen-bond acceptors (Lipinski definition) is 4. The summed E-state index contributed by atoms with van der Waals surface area (Å²) in [6.45, 7) is 3.98. The number of pyridine rings is 1. The molecule has 1 heterocycles. The average molecular weight is 348 g/mol. The average Bonchev–Trinajstić information content (AvgIpc) is 2.70. The monoisotopic (exact) mass is 348 g/mol. The highest BCUT2D eigenvalue weighted by molar-refractivity contribution is 5.97. The van der Waals surface area contributed by atoms with Crippen molar-refractivity contribution < 1.29 is 4.79 Å². The highest BCUT2D eigenvalue weighted by Gasteiger charge is 2.10. The molecule has 0 bridgehead atoms. The molecule has 1 amide bonds. The first kappa shape index (κ1) is 19.2. The number of carbonyl (C=O) groups excluding carboxylic acids is 1. The quantitative estimate of drug-likeness (QED) is 0.559. The Balaban J connectivity index is 1.87. The zero-order chi connectivity index (χ0) is 18.6. The second-order valence-corrected chi connectivity index (χ2v) is 5.88. The molecular weight excluding hydrogens is 324 g/mol. The number of amides is 1. The number of aromatic nitrogens is 1. The lowest BCUT2D eigenvalue weighted by molar-refractivity contribution is -0.117. The molecule has 0 radical (unpaired) electrons. The zero-order valence-electron chi connectivity index (χ0n) is 15.1. The van der Waals surface area contributed by atoms with Gasteiger partial charge in [-0.15, -0.1) is 0 Å². The van der Waals surface area contributed by atoms with Gasteiger partial charge in [-0.05, 0) is 43.0 Å². The van der Waals surface area contributed by atoms with E-state index in [-0.39, 0.29) is 11.5 Å². The van der Waals surface area contributed by atoms with Crippen LogP contribution >= 0.6 is 0 Å². The molecule has 0 aliphatic carbocycles. The van der Waals surface area contributed by atoms with Crippen LogP contribution in [0.25, 0.3) is 0 Å². The van der Waals surface area contributed by atoms with E-state index in [0.29, 0.717) is 6.54 Å². The molecule has 0 atom stereocenters. The van der Waals surface area contributed by atoms with E-state index in [2.05, 4.69) is 10.3 Å². The van der Waals surface area contributed by atoms with Crippen molar-refractivity contribution in [2.75, 3.05) is 19.6 Å². The summed E-state index contributed by atoms with van der Waals surface area (Å²) in [6.07, 6.45) is 6.76. The lowest BCUT2D eigenvalue weighted by atomic mass is 10.1. The van der Waals surface area contributed by atoms with Crippen molar-refractivity contribution in [3.05, 3.63) is 77.8 Å². The van der Waals surface area contributed by atoms with Crippen LogP contribution in [0.4, 0.5) is 0 Å². The van der Waals surface area contributed by atoms with Gasteiger partial charge in [0.15, 0.2) is 0 Å². The molecule has 2 aromatic rings. The third-order valence-electron chi connectivity index (χ3n) is 4.06. The number of carbonyl (C=O) groups is 1. The fourth-order valence-electron chi connectivity index (χ4n) is 2.52. The maximum absolute atomic E-state index is 12.3. The standard InChI is InChI=1S/C21H24N4O/c1-2-25(15-11-19-8-12-23-13-9-19)17-20(16-22)21(26)24-14-10-18-6-4-3-5-7-18/h3-9,12-13,17H,2,10-11,14-15H2,1H3,(H,24,26)/b20-17-. The van der Waals surface area contributed by atoms with Gasteiger partial charge in [-0.1, -0.05) is 30.3 Å². The van der Waals surface area contributed by atoms with Crippen molar-refractivity contribution in [1.29, 1.82) is 5.26 Å². The van der Waals surface area contributed by atoms with Gasteiger partial charge < -0.3 is 10.2 Å². The number of nitrogens with one attached hydrogen (secondary N) is 1. The maximum atomic E-state index is 12.3. The molecule has 0 aliphatic heterocycles. The third-order valence-corrected chi connectivity index (χ3v) is 4.06. The van der Waals surface area contributed by atoms with E-state index in [0.717, 1.165) is 31.5 Å². The van der Waals surface area contributed by atoms with Gasteiger partial charge in [0.1, 0.15) is 11.6 Å². The fraction of sp³-hybridized carbons (Fsp3) is 0.286. The Morgan fingerprint density at radius 1 is 1.15 bits per heavy atom. The van der Waals surface area contributed by atoms with Gasteiger partial charge in [-0.3, -0.25) is 9.78 Å². The van der Waals surface area contributed by atoms with Crippen LogP contribution in [0.15, 0.2) is 66.6 Å². The summed E-state index contributed by atoms with van der Waals surface area (Å²) in [6, 6.07) is 15.9. The van der Waals surface area contributed by atoms with Crippen molar-refractivity contribution in [3.63, 3.8) is 0 Å². The summed E-state index contributed by atoms with van der Waals surface area (Å²) in [5, 5.41) is 12.1. The molecule has 0 spiro atoms. The molecule has 0 unspecified atom stereocenters. The van der Waals surface area contributed by atoms with Gasteiger partial charge in [0.25, 0.3) is 5.91 Å². The summed E-state index contributed by atoms with van der Waals surface area (Å²) in [5.41, 5.74) is 2.47. The van der Waals surface area contributed by atoms with E-state index in [1.165, 1.54) is 5.56 Å². The normalized spacial score (nSPS) is 10.8. The molecule has 134 valence electrons. The van der Waals surface area contributed by atoms with Crippen molar-refractivity contribution in [2.45, 2.75) is 19.8 Å². The van der Waals surface area contributed by atoms with Crippen molar-refractivity contribution in [3.8, 4) is 6.07 Å². The topological polar surface area (TPSA) is 69.0 Å². The highest BCUT2D eigenvalue weighted by atomic mass is 16.1. The van der Waals surface area contributed by atoms with E-state index >= 15 is 0 Å². The Hall–Kier alpha value is -3.13. The molecule has 0 saturated heterocycles. The minimum atomic E-state index is -0.328. The minimum absolute atomic E-state index is 0.134. The largest absolute Gasteiger partial charge is 0.376 e. The van der Waals surface area contributed by atoms with Crippen molar-refractivity contribution in [2.24, 2.45) is 0 Å². The van der Waals surface area contributed by atoms with Crippen LogP contribution in [0, 0.1) is 11.3 Å². The van der Waals surface area contributed by atoms with E-state index in [1.54, 1.807) is 18.6 Å². The van der Waals surface area contributed by atoms with Crippen molar-refractivity contribution in [1.82, 2.24) is 15.2 Å². The Morgan fingerprint density at radius 3 is 2.50 bits per heavy atom. The number of hydrogen-bond donors (Lipinski definition) is 1. The summed E-state index contributed by atoms with van der Waals surface area (Å²) in [7, 11) is 0. The molecule has 0 aliphatic rings. The number of benzene rings is 1. The third kappa shape index (κ3) is 6.40. The zero-order valence-corrected chi connectivity index (χ0v) is 15.1. The first-order valence-electron chi connectivity index (χ1n) is 8.80. The van der Waals surface area contributed by atoms with E-state index in [1.807, 2.05) is 60.4 Å². The molecule has 0 fully saturated rings. The molecule has 1 N–H and O–H groups in total. The summed E-state index contributed by atoms with van der Waals surface area (Å²) in [4.78, 5) is 18.2. The fourth-order valence-corrected chi connectivity index (χ4v) is 2.52. The molecule has 5 nitrogen and oxygen atoms in total. The number of rotatable bonds is 9. The second kappa shape index (κ2) is 10.7. The molecule has 26 heavy (non-hydrogen) atoms. The highest BCUT2D eigenvalue weighted by Crippen LogP contribution is 2.04. The predicted molar refractivity (Wildman–Crippen MR) is 102 cm³/mol. The summed E-state index contributed by atoms with van der Waals surface area (Å²) in [5.74, 6) is -0.328. The van der Waals surface area contributed by atoms with Gasteiger partial charge in [-0.25, -0.2) is 0 Å². The van der Waals surface area contributed by atoms with Crippen LogP contribution in [0.5, 0.6) is 0 Å². The molecule has 1 aromatic heterocycles. The lowest BCUT2D eigenvalue weighted by Gasteiger charge is -2.18. The van der Waals surface area contributed by atoms with Crippen molar-refractivity contribution >= 4 is 5.91 Å². The van der Waals surface area contributed by atoms with Gasteiger partial charge in [0.2, 0.25) is 0 Å². The molecular formula is C21H24N4O. The van der Waals surface area contributed by atoms with Crippen LogP contribution in [-0.4, -0.2) is 35.4 Å². The van der Waals surface area contributed by atoms with Crippen LogP contribution in [0.2, 0.25) is 0 Å². The number of nitriles is 1. The van der Waals surface area contributed by atoms with Crippen LogP contribution < -0.4 is 5.32 Å². The first-order valence-corrected chi connectivity index (χ1v) is 8.80. The van der Waals surface area contributed by atoms with E-state index in [9.17, 15) is 10.1 Å². The Kier molecular flexibility index (Phi) is 7.88. The van der Waals surface area contributed by atoms with E-state index < -0.39 is 0 Å². The molecule has 5 heteroatoms. The summed E-state index contributed by atoms with van der Waals surface area (Å²) < 4.78 is 0. The van der Waals surface area contributed by atoms with Gasteiger partial charge in [0, 0.05) is 38.2 Å². The van der Waals surface area contributed by atoms with Crippen LogP contribution in [0.1, 0.15) is 18.1 Å². The number of nitrogens with zero attached hydrogens (tertiary/aromatic N) is 3. The summed E-state index contributed by atoms with van der Waals surface area (Å²) >= 11 is 0. The van der Waals surface area contributed by atoms with Gasteiger partial charge in [-0.2, -0.15) is 5.26 Å². The lowest BCUT2D eigenvalue weighted by Crippen LogP contribution is -2.29. The Bertz CT molecular complexity index is 751. The van der Waals surface area contributed by atoms with Gasteiger partial charge >= 0.3 is 0 Å². The first-order chi connectivity index (χ1) is 12.7. The predicted octanol–water partition coefficient (Wildman–Crippen LogP) is 2.71. The van der Waals surface area contributed by atoms with Crippen LogP contribution in [0.3, 0.4) is 0 Å². The Labute approximate surface area is 155 Å². The Morgan fingerprint density at radius 2 is 1.85 bits per heavy atom. The molecule has 1 aromatic carbocycles. The van der Waals surface area contributed by atoms with E-state index in [4.69, 9.17) is 0 Å².